The van der Waals surface area contributed by atoms with E-state index >= 15 is 0 Å². The minimum Gasteiger partial charge on any atom is -0.497 e. The van der Waals surface area contributed by atoms with Gasteiger partial charge in [0.2, 0.25) is 5.91 Å². The molecule has 0 bridgehead atoms. The molecule has 1 fully saturated rings. The standard InChI is InChI=1S/C26H34ClNO3/c1-5-24(29)28(18-20-6-10-22(27)11-7-20)16-14-26(15-17-31-25(2,3)19-26)21-8-12-23(30-4)13-9-21/h6-13H,5,14-19H2,1-4H3/t26-/m0/s1. The van der Waals surface area contributed by atoms with Crippen LogP contribution in [0.25, 0.3) is 0 Å². The average molecular weight is 444 g/mol. The summed E-state index contributed by atoms with van der Waals surface area (Å²) >= 11 is 6.03. The summed E-state index contributed by atoms with van der Waals surface area (Å²) < 4.78 is 11.4. The topological polar surface area (TPSA) is 38.8 Å². The fourth-order valence-electron chi connectivity index (χ4n) is 4.70. The van der Waals surface area contributed by atoms with Crippen LogP contribution in [-0.2, 0) is 21.5 Å². The molecule has 1 heterocycles. The fraction of sp³-hybridized carbons (Fsp3) is 0.500. The molecule has 1 atom stereocenters. The normalized spacial score (nSPS) is 20.3. The Morgan fingerprint density at radius 2 is 1.81 bits per heavy atom. The Balaban J connectivity index is 1.84. The van der Waals surface area contributed by atoms with Crippen molar-refractivity contribution in [3.8, 4) is 5.75 Å². The number of methoxy groups -OCH3 is 1. The summed E-state index contributed by atoms with van der Waals surface area (Å²) in [4.78, 5) is 14.7. The zero-order valence-electron chi connectivity index (χ0n) is 19.1. The van der Waals surface area contributed by atoms with Crippen molar-refractivity contribution in [3.05, 3.63) is 64.7 Å². The molecule has 2 aromatic carbocycles. The van der Waals surface area contributed by atoms with Crippen molar-refractivity contribution in [2.45, 2.75) is 64.0 Å². The van der Waals surface area contributed by atoms with Gasteiger partial charge in [0.15, 0.2) is 0 Å². The van der Waals surface area contributed by atoms with Crippen molar-refractivity contribution >= 4 is 17.5 Å². The zero-order valence-corrected chi connectivity index (χ0v) is 19.9. The lowest BCUT2D eigenvalue weighted by molar-refractivity contribution is -0.132. The Hall–Kier alpha value is -2.04. The van der Waals surface area contributed by atoms with E-state index < -0.39 is 0 Å². The van der Waals surface area contributed by atoms with Crippen molar-refractivity contribution in [1.82, 2.24) is 4.90 Å². The van der Waals surface area contributed by atoms with Crippen LogP contribution in [0, 0.1) is 0 Å². The number of carbonyl (C=O) groups excluding carboxylic acids is 1. The quantitative estimate of drug-likeness (QED) is 0.501. The van der Waals surface area contributed by atoms with Gasteiger partial charge in [-0.05, 0) is 68.5 Å². The van der Waals surface area contributed by atoms with E-state index in [4.69, 9.17) is 21.1 Å². The maximum absolute atomic E-state index is 12.8. The molecule has 0 spiro atoms. The zero-order chi connectivity index (χ0) is 22.5. The monoisotopic (exact) mass is 443 g/mol. The second-order valence-electron chi connectivity index (χ2n) is 9.09. The minimum absolute atomic E-state index is 0.0414. The predicted octanol–water partition coefficient (Wildman–Crippen LogP) is 6.00. The molecule has 3 rings (SSSR count). The fourth-order valence-corrected chi connectivity index (χ4v) is 4.83. The van der Waals surface area contributed by atoms with Crippen molar-refractivity contribution < 1.29 is 14.3 Å². The molecule has 0 radical (unpaired) electrons. The molecule has 31 heavy (non-hydrogen) atoms. The first-order valence-electron chi connectivity index (χ1n) is 11.1. The lowest BCUT2D eigenvalue weighted by Crippen LogP contribution is -2.46. The van der Waals surface area contributed by atoms with Crippen molar-refractivity contribution in [3.63, 3.8) is 0 Å². The molecule has 4 nitrogen and oxygen atoms in total. The maximum atomic E-state index is 12.8. The summed E-state index contributed by atoms with van der Waals surface area (Å²) in [6.07, 6.45) is 3.25. The van der Waals surface area contributed by atoms with E-state index in [1.165, 1.54) is 5.56 Å². The lowest BCUT2D eigenvalue weighted by Gasteiger charge is -2.46. The largest absolute Gasteiger partial charge is 0.497 e. The van der Waals surface area contributed by atoms with Gasteiger partial charge >= 0.3 is 0 Å². The second-order valence-corrected chi connectivity index (χ2v) is 9.53. The van der Waals surface area contributed by atoms with Crippen LogP contribution in [0.5, 0.6) is 5.75 Å². The van der Waals surface area contributed by atoms with Crippen LogP contribution in [-0.4, -0.2) is 36.7 Å². The molecule has 1 aliphatic rings. The van der Waals surface area contributed by atoms with Gasteiger partial charge in [0.1, 0.15) is 5.75 Å². The Morgan fingerprint density at radius 1 is 1.13 bits per heavy atom. The van der Waals surface area contributed by atoms with Gasteiger partial charge in [-0.15, -0.1) is 0 Å². The number of carbonyl (C=O) groups is 1. The van der Waals surface area contributed by atoms with Crippen LogP contribution in [0.15, 0.2) is 48.5 Å². The number of halogens is 1. The van der Waals surface area contributed by atoms with Crippen LogP contribution in [0.1, 0.15) is 57.6 Å². The number of rotatable bonds is 8. The first-order chi connectivity index (χ1) is 14.8. The molecule has 2 aromatic rings. The van der Waals surface area contributed by atoms with Gasteiger partial charge in [0.05, 0.1) is 12.7 Å². The van der Waals surface area contributed by atoms with Gasteiger partial charge in [-0.1, -0.05) is 42.8 Å². The Morgan fingerprint density at radius 3 is 2.39 bits per heavy atom. The number of amides is 1. The van der Waals surface area contributed by atoms with Gasteiger partial charge in [-0.25, -0.2) is 0 Å². The predicted molar refractivity (Wildman–Crippen MR) is 126 cm³/mol. The van der Waals surface area contributed by atoms with Crippen LogP contribution in [0.2, 0.25) is 5.02 Å². The van der Waals surface area contributed by atoms with E-state index in [9.17, 15) is 4.79 Å². The van der Waals surface area contributed by atoms with E-state index in [0.29, 0.717) is 24.5 Å². The highest BCUT2D eigenvalue weighted by Gasteiger charge is 2.42. The lowest BCUT2D eigenvalue weighted by atomic mass is 9.67. The molecule has 0 unspecified atom stereocenters. The summed E-state index contributed by atoms with van der Waals surface area (Å²) in [5.74, 6) is 1.03. The van der Waals surface area contributed by atoms with Crippen LogP contribution in [0.4, 0.5) is 0 Å². The highest BCUT2D eigenvalue weighted by molar-refractivity contribution is 6.30. The molecule has 0 N–H and O–H groups in total. The van der Waals surface area contributed by atoms with Gasteiger partial charge in [0, 0.05) is 36.6 Å². The molecule has 1 saturated heterocycles. The third-order valence-corrected chi connectivity index (χ3v) is 6.59. The maximum Gasteiger partial charge on any atom is 0.222 e. The first kappa shape index (κ1) is 23.6. The highest BCUT2D eigenvalue weighted by Crippen LogP contribution is 2.44. The molecule has 1 aliphatic heterocycles. The SMILES string of the molecule is CCC(=O)N(CC[C@]1(c2ccc(OC)cc2)CCOC(C)(C)C1)Cc1ccc(Cl)cc1. The number of hydrogen-bond donors (Lipinski definition) is 0. The summed E-state index contributed by atoms with van der Waals surface area (Å²) in [6, 6.07) is 16.2. The summed E-state index contributed by atoms with van der Waals surface area (Å²) in [6.45, 7) is 8.27. The number of benzene rings is 2. The summed E-state index contributed by atoms with van der Waals surface area (Å²) in [5, 5.41) is 0.708. The van der Waals surface area contributed by atoms with E-state index in [1.807, 2.05) is 48.2 Å². The molecule has 5 heteroatoms. The van der Waals surface area contributed by atoms with E-state index in [1.54, 1.807) is 7.11 Å². The molecular formula is C26H34ClNO3. The van der Waals surface area contributed by atoms with Gasteiger partial charge in [0.25, 0.3) is 0 Å². The molecule has 0 aromatic heterocycles. The molecule has 0 aliphatic carbocycles. The van der Waals surface area contributed by atoms with Gasteiger partial charge in [-0.2, -0.15) is 0 Å². The average Bonchev–Trinajstić information content (AvgIpc) is 2.76. The molecule has 1 amide bonds. The second kappa shape index (κ2) is 10.1. The third kappa shape index (κ3) is 6.02. The number of hydrogen-bond acceptors (Lipinski definition) is 3. The van der Waals surface area contributed by atoms with Crippen molar-refractivity contribution in [1.29, 1.82) is 0 Å². The molecule has 168 valence electrons. The Kier molecular flexibility index (Phi) is 7.66. The molecule has 0 saturated carbocycles. The van der Waals surface area contributed by atoms with Gasteiger partial charge < -0.3 is 14.4 Å². The Labute approximate surface area is 191 Å². The smallest absolute Gasteiger partial charge is 0.222 e. The van der Waals surface area contributed by atoms with Crippen LogP contribution in [0.3, 0.4) is 0 Å². The van der Waals surface area contributed by atoms with E-state index in [-0.39, 0.29) is 16.9 Å². The first-order valence-corrected chi connectivity index (χ1v) is 11.5. The number of ether oxygens (including phenoxy) is 2. The van der Waals surface area contributed by atoms with Gasteiger partial charge in [-0.3, -0.25) is 4.79 Å². The highest BCUT2D eigenvalue weighted by atomic mass is 35.5. The van der Waals surface area contributed by atoms with Crippen molar-refractivity contribution in [2.24, 2.45) is 0 Å². The number of nitrogens with zero attached hydrogens (tertiary/aromatic N) is 1. The minimum atomic E-state index is -0.200. The summed E-state index contributed by atoms with van der Waals surface area (Å²) in [5.41, 5.74) is 2.14. The van der Waals surface area contributed by atoms with E-state index in [0.717, 1.165) is 37.2 Å². The summed E-state index contributed by atoms with van der Waals surface area (Å²) in [7, 11) is 1.69. The third-order valence-electron chi connectivity index (χ3n) is 6.34. The molecular weight excluding hydrogens is 410 g/mol. The van der Waals surface area contributed by atoms with Crippen LogP contribution < -0.4 is 4.74 Å². The van der Waals surface area contributed by atoms with Crippen LogP contribution >= 0.6 is 11.6 Å². The van der Waals surface area contributed by atoms with E-state index in [2.05, 4.69) is 26.0 Å². The Bertz CT molecular complexity index is 863. The van der Waals surface area contributed by atoms with Crippen molar-refractivity contribution in [2.75, 3.05) is 20.3 Å².